The number of phenolic OH excluding ortho intramolecular Hbond substituents is 1. The Kier molecular flexibility index (Phi) is 3.28. The van der Waals surface area contributed by atoms with Crippen LogP contribution in [0.4, 0.5) is 0 Å². The van der Waals surface area contributed by atoms with Gasteiger partial charge in [-0.3, -0.25) is 0 Å². The molecule has 0 amide bonds. The average molecular weight is 328 g/mol. The summed E-state index contributed by atoms with van der Waals surface area (Å²) in [5.41, 5.74) is 11.6. The van der Waals surface area contributed by atoms with Crippen molar-refractivity contribution in [3.05, 3.63) is 28.8 Å². The fourth-order valence-electron chi connectivity index (χ4n) is 7.38. The zero-order valence-electron chi connectivity index (χ0n) is 15.9. The molecule has 1 aromatic rings. The van der Waals surface area contributed by atoms with Crippen LogP contribution in [-0.2, 0) is 11.8 Å². The molecule has 0 unspecified atom stereocenters. The van der Waals surface area contributed by atoms with E-state index in [1.54, 1.807) is 0 Å². The van der Waals surface area contributed by atoms with Crippen LogP contribution < -0.4 is 5.73 Å². The molecule has 0 bridgehead atoms. The number of rotatable bonds is 0. The van der Waals surface area contributed by atoms with E-state index in [1.165, 1.54) is 36.0 Å². The van der Waals surface area contributed by atoms with Crippen LogP contribution in [0.3, 0.4) is 0 Å². The van der Waals surface area contributed by atoms with Crippen molar-refractivity contribution < 1.29 is 5.11 Å². The molecule has 3 aliphatic rings. The molecule has 0 radical (unpaired) electrons. The van der Waals surface area contributed by atoms with E-state index in [1.807, 2.05) is 12.1 Å². The minimum atomic E-state index is 0.223. The third-order valence-electron chi connectivity index (χ3n) is 8.56. The van der Waals surface area contributed by atoms with Gasteiger partial charge in [-0.15, -0.1) is 0 Å². The van der Waals surface area contributed by atoms with Crippen LogP contribution in [0.15, 0.2) is 12.1 Å². The summed E-state index contributed by atoms with van der Waals surface area (Å²) in [5.74, 6) is 1.81. The zero-order chi connectivity index (χ0) is 17.5. The number of fused-ring (bicyclic) bond motifs is 5. The number of hydrogen-bond acceptors (Lipinski definition) is 2. The normalized spacial score (nSPS) is 43.0. The average Bonchev–Trinajstić information content (AvgIpc) is 2.77. The molecule has 4 rings (SSSR count). The molecule has 0 aromatic heterocycles. The third kappa shape index (κ3) is 1.87. The lowest BCUT2D eigenvalue weighted by Crippen LogP contribution is -2.60. The first-order chi connectivity index (χ1) is 11.1. The van der Waals surface area contributed by atoms with Gasteiger partial charge in [0.15, 0.2) is 0 Å². The Morgan fingerprint density at radius 3 is 2.46 bits per heavy atom. The highest BCUT2D eigenvalue weighted by Crippen LogP contribution is 2.67. The van der Waals surface area contributed by atoms with Crippen LogP contribution in [0.1, 0.15) is 70.1 Å². The van der Waals surface area contributed by atoms with Gasteiger partial charge in [-0.05, 0) is 95.9 Å². The Hall–Kier alpha value is -1.02. The smallest absolute Gasteiger partial charge is 0.116 e. The molecule has 3 aliphatic carbocycles. The minimum Gasteiger partial charge on any atom is -0.508 e. The van der Waals surface area contributed by atoms with E-state index in [9.17, 15) is 5.11 Å². The van der Waals surface area contributed by atoms with Crippen molar-refractivity contribution in [3.8, 4) is 5.75 Å². The Morgan fingerprint density at radius 1 is 1.04 bits per heavy atom. The molecule has 0 saturated heterocycles. The van der Waals surface area contributed by atoms with Gasteiger partial charge >= 0.3 is 0 Å². The van der Waals surface area contributed by atoms with Gasteiger partial charge < -0.3 is 10.8 Å². The van der Waals surface area contributed by atoms with Gasteiger partial charge in [-0.1, -0.05) is 27.7 Å². The van der Waals surface area contributed by atoms with Gasteiger partial charge in [0.1, 0.15) is 5.75 Å². The van der Waals surface area contributed by atoms with E-state index in [0.29, 0.717) is 29.0 Å². The van der Waals surface area contributed by atoms with Gasteiger partial charge in [0.25, 0.3) is 0 Å². The predicted molar refractivity (Wildman–Crippen MR) is 99.2 cm³/mol. The summed E-state index contributed by atoms with van der Waals surface area (Å²) in [5, 5.41) is 10.1. The Balaban J connectivity index is 1.83. The summed E-state index contributed by atoms with van der Waals surface area (Å²) in [4.78, 5) is 0. The maximum Gasteiger partial charge on any atom is 0.116 e. The van der Waals surface area contributed by atoms with Crippen LogP contribution in [-0.4, -0.2) is 11.1 Å². The molecular formula is C22H33NO. The molecule has 2 nitrogen and oxygen atoms in total. The van der Waals surface area contributed by atoms with E-state index in [2.05, 4.69) is 34.6 Å². The van der Waals surface area contributed by atoms with Gasteiger partial charge in [0, 0.05) is 6.04 Å². The molecule has 2 saturated carbocycles. The highest BCUT2D eigenvalue weighted by molar-refractivity contribution is 5.50. The van der Waals surface area contributed by atoms with Gasteiger partial charge in [-0.2, -0.15) is 0 Å². The molecule has 0 spiro atoms. The van der Waals surface area contributed by atoms with Crippen LogP contribution in [0.2, 0.25) is 0 Å². The van der Waals surface area contributed by atoms with Gasteiger partial charge in [0.2, 0.25) is 0 Å². The number of benzene rings is 1. The second-order valence-electron chi connectivity index (χ2n) is 10.0. The molecule has 0 aliphatic heterocycles. The number of aryl methyl sites for hydroxylation is 1. The van der Waals surface area contributed by atoms with Crippen LogP contribution in [0, 0.1) is 29.6 Å². The molecule has 0 heterocycles. The number of phenols is 1. The first-order valence-corrected chi connectivity index (χ1v) is 9.69. The molecule has 1 aromatic carbocycles. The summed E-state index contributed by atoms with van der Waals surface area (Å²) in [6, 6.07) is 4.32. The lowest BCUT2D eigenvalue weighted by Gasteiger charge is -2.62. The first kappa shape index (κ1) is 16.4. The molecule has 24 heavy (non-hydrogen) atoms. The van der Waals surface area contributed by atoms with Crippen molar-refractivity contribution in [2.75, 3.05) is 0 Å². The van der Waals surface area contributed by atoms with Crippen LogP contribution in [0.25, 0.3) is 0 Å². The summed E-state index contributed by atoms with van der Waals surface area (Å²) in [6.45, 7) is 12.0. The molecule has 132 valence electrons. The number of aromatic hydroxyl groups is 1. The summed E-state index contributed by atoms with van der Waals surface area (Å²) < 4.78 is 0. The highest BCUT2D eigenvalue weighted by Gasteiger charge is 2.62. The van der Waals surface area contributed by atoms with E-state index in [0.717, 1.165) is 12.8 Å². The second kappa shape index (κ2) is 4.78. The maximum atomic E-state index is 10.1. The number of hydrogen-bond donors (Lipinski definition) is 2. The zero-order valence-corrected chi connectivity index (χ0v) is 15.9. The van der Waals surface area contributed by atoms with Gasteiger partial charge in [-0.25, -0.2) is 0 Å². The van der Waals surface area contributed by atoms with Crippen LogP contribution in [0.5, 0.6) is 5.75 Å². The van der Waals surface area contributed by atoms with E-state index in [-0.39, 0.29) is 10.8 Å². The SMILES string of the molecule is Cc1cc(O)cc2c1[C@@]1(C)CC[C@@H]3C(C)(C)[C@@H](N)CC[C@@]3(C)[C@@H]1C2. The monoisotopic (exact) mass is 327 g/mol. The van der Waals surface area contributed by atoms with E-state index < -0.39 is 0 Å². The van der Waals surface area contributed by atoms with Crippen molar-refractivity contribution in [2.45, 2.75) is 78.2 Å². The largest absolute Gasteiger partial charge is 0.508 e. The Morgan fingerprint density at radius 2 is 1.75 bits per heavy atom. The molecule has 5 atom stereocenters. The highest BCUT2D eigenvalue weighted by atomic mass is 16.3. The molecule has 2 heteroatoms. The Bertz CT molecular complexity index is 693. The topological polar surface area (TPSA) is 46.2 Å². The van der Waals surface area contributed by atoms with E-state index >= 15 is 0 Å². The van der Waals surface area contributed by atoms with Gasteiger partial charge in [0.05, 0.1) is 0 Å². The standard InChI is InChI=1S/C22H33NO/c1-13-10-15(24)11-14-12-17-21(4)9-7-18(23)20(2,3)16(21)6-8-22(17,5)19(13)14/h10-11,16-18,24H,6-9,12,23H2,1-5H3/t16-,17+,18+,21-,22+/m1/s1. The van der Waals surface area contributed by atoms with Crippen molar-refractivity contribution in [1.82, 2.24) is 0 Å². The first-order valence-electron chi connectivity index (χ1n) is 9.69. The molecule has 2 fully saturated rings. The second-order valence-corrected chi connectivity index (χ2v) is 10.0. The molecular weight excluding hydrogens is 294 g/mol. The minimum absolute atomic E-state index is 0.223. The third-order valence-corrected chi connectivity index (χ3v) is 8.56. The lowest BCUT2D eigenvalue weighted by molar-refractivity contribution is -0.107. The summed E-state index contributed by atoms with van der Waals surface area (Å²) in [7, 11) is 0. The fraction of sp³-hybridized carbons (Fsp3) is 0.727. The lowest BCUT2D eigenvalue weighted by atomic mass is 9.42. The molecule has 3 N–H and O–H groups in total. The van der Waals surface area contributed by atoms with Crippen molar-refractivity contribution >= 4 is 0 Å². The van der Waals surface area contributed by atoms with E-state index in [4.69, 9.17) is 5.73 Å². The number of nitrogens with two attached hydrogens (primary N) is 1. The summed E-state index contributed by atoms with van der Waals surface area (Å²) >= 11 is 0. The summed E-state index contributed by atoms with van der Waals surface area (Å²) in [6.07, 6.45) is 6.06. The van der Waals surface area contributed by atoms with Crippen molar-refractivity contribution in [2.24, 2.45) is 28.4 Å². The van der Waals surface area contributed by atoms with Crippen molar-refractivity contribution in [3.63, 3.8) is 0 Å². The Labute approximate surface area is 146 Å². The quantitative estimate of drug-likeness (QED) is 0.726. The predicted octanol–water partition coefficient (Wildman–Crippen LogP) is 4.69. The van der Waals surface area contributed by atoms with Crippen LogP contribution >= 0.6 is 0 Å². The fourth-order valence-corrected chi connectivity index (χ4v) is 7.38. The van der Waals surface area contributed by atoms with Crippen molar-refractivity contribution in [1.29, 1.82) is 0 Å². The maximum absolute atomic E-state index is 10.1.